The molecule has 1 heterocycles. The molecule has 0 aliphatic rings. The van der Waals surface area contributed by atoms with Gasteiger partial charge in [-0.05, 0) is 25.5 Å². The number of hydrogen-bond donors (Lipinski definition) is 2. The van der Waals surface area contributed by atoms with Crippen molar-refractivity contribution in [3.63, 3.8) is 0 Å². The Morgan fingerprint density at radius 3 is 2.52 bits per heavy atom. The Morgan fingerprint density at radius 2 is 1.76 bits per heavy atom. The summed E-state index contributed by atoms with van der Waals surface area (Å²) in [6, 6.07) is 18.7. The minimum atomic E-state index is -0.310. The number of nitrogens with one attached hydrogen (secondary N) is 2. The standard InChI is InChI=1S/C23H26N4O2/c1-3-5-15-24-21-16-19(25-22(27-21)17-11-7-6-8-12-17)23(28)26-18-13-9-10-14-20(18)29-4-2/h6-14,16H,3-5,15H2,1-2H3,(H,26,28)(H,24,25,27). The molecule has 0 radical (unpaired) electrons. The van der Waals surface area contributed by atoms with Crippen molar-refractivity contribution >= 4 is 17.4 Å². The Balaban J connectivity index is 1.90. The summed E-state index contributed by atoms with van der Waals surface area (Å²) in [7, 11) is 0. The average molecular weight is 390 g/mol. The fraction of sp³-hybridized carbons (Fsp3) is 0.261. The summed E-state index contributed by atoms with van der Waals surface area (Å²) in [6.07, 6.45) is 2.10. The normalized spacial score (nSPS) is 10.4. The highest BCUT2D eigenvalue weighted by Gasteiger charge is 2.15. The number of para-hydroxylation sites is 2. The van der Waals surface area contributed by atoms with Crippen molar-refractivity contribution in [3.8, 4) is 17.1 Å². The van der Waals surface area contributed by atoms with Gasteiger partial charge in [0.25, 0.3) is 5.91 Å². The first kappa shape index (κ1) is 20.3. The van der Waals surface area contributed by atoms with Gasteiger partial charge in [0.15, 0.2) is 5.82 Å². The highest BCUT2D eigenvalue weighted by molar-refractivity contribution is 6.04. The minimum absolute atomic E-state index is 0.296. The van der Waals surface area contributed by atoms with E-state index in [2.05, 4.69) is 27.5 Å². The van der Waals surface area contributed by atoms with Crippen molar-refractivity contribution < 1.29 is 9.53 Å². The second-order valence-electron chi connectivity index (χ2n) is 6.49. The molecule has 0 bridgehead atoms. The van der Waals surface area contributed by atoms with Gasteiger partial charge in [-0.3, -0.25) is 4.79 Å². The Morgan fingerprint density at radius 1 is 1.00 bits per heavy atom. The first-order valence-electron chi connectivity index (χ1n) is 9.92. The highest BCUT2D eigenvalue weighted by atomic mass is 16.5. The first-order valence-corrected chi connectivity index (χ1v) is 9.92. The molecule has 0 aliphatic heterocycles. The molecule has 6 nitrogen and oxygen atoms in total. The fourth-order valence-corrected chi connectivity index (χ4v) is 2.80. The van der Waals surface area contributed by atoms with Gasteiger partial charge >= 0.3 is 0 Å². The van der Waals surface area contributed by atoms with Crippen LogP contribution in [0.1, 0.15) is 37.2 Å². The van der Waals surface area contributed by atoms with Crippen LogP contribution in [0.3, 0.4) is 0 Å². The molecule has 2 aromatic carbocycles. The number of carbonyl (C=O) groups is 1. The summed E-state index contributed by atoms with van der Waals surface area (Å²) in [5.41, 5.74) is 1.76. The number of nitrogens with zero attached hydrogens (tertiary/aromatic N) is 2. The molecule has 0 fully saturated rings. The molecular weight excluding hydrogens is 364 g/mol. The predicted octanol–water partition coefficient (Wildman–Crippen LogP) is 5.01. The number of hydrogen-bond acceptors (Lipinski definition) is 5. The zero-order chi connectivity index (χ0) is 20.5. The lowest BCUT2D eigenvalue weighted by atomic mass is 10.2. The van der Waals surface area contributed by atoms with E-state index in [4.69, 9.17) is 4.74 Å². The van der Waals surface area contributed by atoms with Gasteiger partial charge in [0, 0.05) is 18.2 Å². The predicted molar refractivity (Wildman–Crippen MR) is 116 cm³/mol. The number of aromatic nitrogens is 2. The number of anilines is 2. The number of benzene rings is 2. The second-order valence-corrected chi connectivity index (χ2v) is 6.49. The summed E-state index contributed by atoms with van der Waals surface area (Å²) in [6.45, 7) is 5.34. The van der Waals surface area contributed by atoms with Crippen LogP contribution in [0.2, 0.25) is 0 Å². The highest BCUT2D eigenvalue weighted by Crippen LogP contribution is 2.25. The molecule has 1 aromatic heterocycles. The summed E-state index contributed by atoms with van der Waals surface area (Å²) in [5, 5.41) is 6.19. The van der Waals surface area contributed by atoms with Crippen molar-refractivity contribution in [2.24, 2.45) is 0 Å². The molecule has 2 N–H and O–H groups in total. The Labute approximate surface area is 171 Å². The van der Waals surface area contributed by atoms with Gasteiger partial charge < -0.3 is 15.4 Å². The maximum Gasteiger partial charge on any atom is 0.274 e. The molecule has 1 amide bonds. The molecule has 0 unspecified atom stereocenters. The number of rotatable bonds is 9. The number of unbranched alkanes of at least 4 members (excludes halogenated alkanes) is 1. The van der Waals surface area contributed by atoms with Crippen LogP contribution in [0.25, 0.3) is 11.4 Å². The Bertz CT molecular complexity index is 945. The quantitative estimate of drug-likeness (QED) is 0.503. The van der Waals surface area contributed by atoms with Crippen LogP contribution in [0.4, 0.5) is 11.5 Å². The third-order valence-electron chi connectivity index (χ3n) is 4.26. The van der Waals surface area contributed by atoms with E-state index in [0.29, 0.717) is 35.4 Å². The van der Waals surface area contributed by atoms with Crippen LogP contribution in [0.5, 0.6) is 5.75 Å². The maximum atomic E-state index is 13.0. The smallest absolute Gasteiger partial charge is 0.274 e. The van der Waals surface area contributed by atoms with Crippen molar-refractivity contribution in [2.75, 3.05) is 23.8 Å². The van der Waals surface area contributed by atoms with Crippen molar-refractivity contribution in [1.82, 2.24) is 9.97 Å². The summed E-state index contributed by atoms with van der Waals surface area (Å²) < 4.78 is 5.60. The summed E-state index contributed by atoms with van der Waals surface area (Å²) in [4.78, 5) is 22.0. The molecule has 6 heteroatoms. The van der Waals surface area contributed by atoms with Crippen LogP contribution in [0.15, 0.2) is 60.7 Å². The monoisotopic (exact) mass is 390 g/mol. The van der Waals surface area contributed by atoms with Crippen LogP contribution in [-0.4, -0.2) is 29.0 Å². The third-order valence-corrected chi connectivity index (χ3v) is 4.26. The van der Waals surface area contributed by atoms with Crippen molar-refractivity contribution in [2.45, 2.75) is 26.7 Å². The third kappa shape index (κ3) is 5.54. The Hall–Kier alpha value is -3.41. The van der Waals surface area contributed by atoms with Gasteiger partial charge in [-0.1, -0.05) is 55.8 Å². The van der Waals surface area contributed by atoms with E-state index in [0.717, 1.165) is 24.9 Å². The van der Waals surface area contributed by atoms with Gasteiger partial charge in [0.2, 0.25) is 0 Å². The van der Waals surface area contributed by atoms with E-state index in [1.807, 2.05) is 61.5 Å². The van der Waals surface area contributed by atoms with E-state index in [9.17, 15) is 4.79 Å². The zero-order valence-electron chi connectivity index (χ0n) is 16.8. The van der Waals surface area contributed by atoms with Gasteiger partial charge in [-0.15, -0.1) is 0 Å². The molecule has 3 aromatic rings. The van der Waals surface area contributed by atoms with Gasteiger partial charge in [0.1, 0.15) is 17.3 Å². The number of ether oxygens (including phenoxy) is 1. The number of carbonyl (C=O) groups excluding carboxylic acids is 1. The van der Waals surface area contributed by atoms with Gasteiger partial charge in [-0.25, -0.2) is 9.97 Å². The van der Waals surface area contributed by atoms with Gasteiger partial charge in [0.05, 0.1) is 12.3 Å². The van der Waals surface area contributed by atoms with E-state index in [1.165, 1.54) is 0 Å². The first-order chi connectivity index (χ1) is 14.2. The maximum absolute atomic E-state index is 13.0. The lowest BCUT2D eigenvalue weighted by Crippen LogP contribution is -2.16. The van der Waals surface area contributed by atoms with E-state index >= 15 is 0 Å². The minimum Gasteiger partial charge on any atom is -0.492 e. The molecule has 3 rings (SSSR count). The summed E-state index contributed by atoms with van der Waals surface area (Å²) >= 11 is 0. The van der Waals surface area contributed by atoms with E-state index in [1.54, 1.807) is 6.07 Å². The Kier molecular flexibility index (Phi) is 7.16. The van der Waals surface area contributed by atoms with E-state index in [-0.39, 0.29) is 5.91 Å². The largest absolute Gasteiger partial charge is 0.492 e. The second kappa shape index (κ2) is 10.2. The molecule has 29 heavy (non-hydrogen) atoms. The van der Waals surface area contributed by atoms with Crippen molar-refractivity contribution in [1.29, 1.82) is 0 Å². The topological polar surface area (TPSA) is 76.1 Å². The van der Waals surface area contributed by atoms with Crippen LogP contribution < -0.4 is 15.4 Å². The van der Waals surface area contributed by atoms with Crippen molar-refractivity contribution in [3.05, 3.63) is 66.4 Å². The van der Waals surface area contributed by atoms with Crippen LogP contribution >= 0.6 is 0 Å². The van der Waals surface area contributed by atoms with E-state index < -0.39 is 0 Å². The molecule has 150 valence electrons. The summed E-state index contributed by atoms with van der Waals surface area (Å²) in [5.74, 6) is 1.46. The molecule has 0 saturated carbocycles. The lowest BCUT2D eigenvalue weighted by molar-refractivity contribution is 0.102. The SMILES string of the molecule is CCCCNc1cc(C(=O)Nc2ccccc2OCC)nc(-c2ccccc2)n1. The molecule has 0 aliphatic carbocycles. The molecule has 0 spiro atoms. The average Bonchev–Trinajstić information content (AvgIpc) is 2.76. The fourth-order valence-electron chi connectivity index (χ4n) is 2.80. The van der Waals surface area contributed by atoms with Gasteiger partial charge in [-0.2, -0.15) is 0 Å². The molecular formula is C23H26N4O2. The van der Waals surface area contributed by atoms with Crippen LogP contribution in [-0.2, 0) is 0 Å². The molecule has 0 atom stereocenters. The number of amides is 1. The van der Waals surface area contributed by atoms with Crippen LogP contribution in [0, 0.1) is 0 Å². The lowest BCUT2D eigenvalue weighted by Gasteiger charge is -2.13. The zero-order valence-corrected chi connectivity index (χ0v) is 16.8. The molecule has 0 saturated heterocycles.